The van der Waals surface area contributed by atoms with Gasteiger partial charge < -0.3 is 15.1 Å². The van der Waals surface area contributed by atoms with Gasteiger partial charge in [-0.05, 0) is 31.4 Å². The highest BCUT2D eigenvalue weighted by molar-refractivity contribution is 6.30. The van der Waals surface area contributed by atoms with Gasteiger partial charge in [-0.15, -0.1) is 0 Å². The van der Waals surface area contributed by atoms with E-state index < -0.39 is 11.5 Å². The molecule has 0 aliphatic heterocycles. The second-order valence-corrected chi connectivity index (χ2v) is 9.32. The van der Waals surface area contributed by atoms with E-state index in [0.29, 0.717) is 36.9 Å². The van der Waals surface area contributed by atoms with Crippen molar-refractivity contribution in [3.05, 3.63) is 29.0 Å². The lowest BCUT2D eigenvalue weighted by molar-refractivity contribution is -0.140. The van der Waals surface area contributed by atoms with Crippen molar-refractivity contribution in [2.45, 2.75) is 60.9 Å². The first-order valence-corrected chi connectivity index (χ1v) is 11.3. The molecule has 1 heterocycles. The van der Waals surface area contributed by atoms with E-state index in [-0.39, 0.29) is 30.1 Å². The zero-order valence-corrected chi connectivity index (χ0v) is 20.6. The van der Waals surface area contributed by atoms with Crippen LogP contribution in [0, 0.1) is 11.3 Å². The van der Waals surface area contributed by atoms with Gasteiger partial charge >= 0.3 is 0 Å². The zero-order valence-electron chi connectivity index (χ0n) is 19.9. The Kier molecular flexibility index (Phi) is 10.4. The molecular weight excluding hydrogens is 416 g/mol. The van der Waals surface area contributed by atoms with Crippen molar-refractivity contribution < 1.29 is 14.4 Å². The lowest BCUT2D eigenvalue weighted by Crippen LogP contribution is -2.54. The van der Waals surface area contributed by atoms with Gasteiger partial charge in [-0.2, -0.15) is 0 Å². The quantitative estimate of drug-likeness (QED) is 0.553. The van der Waals surface area contributed by atoms with Crippen LogP contribution in [0.2, 0.25) is 5.15 Å². The van der Waals surface area contributed by atoms with Crippen LogP contribution in [-0.2, 0) is 20.8 Å². The highest BCUT2D eigenvalue weighted by Gasteiger charge is 2.32. The molecule has 3 amide bonds. The summed E-state index contributed by atoms with van der Waals surface area (Å²) in [5.74, 6) is -0.407. The number of likely N-dealkylation sites (N-methyl/N-ethyl adjacent to an activating group) is 2. The molecule has 1 aromatic rings. The van der Waals surface area contributed by atoms with Crippen molar-refractivity contribution in [2.24, 2.45) is 11.3 Å². The number of halogens is 1. The lowest BCUT2D eigenvalue weighted by Gasteiger charge is -2.32. The normalized spacial score (nSPS) is 12.4. The van der Waals surface area contributed by atoms with E-state index in [4.69, 9.17) is 11.6 Å². The Morgan fingerprint density at radius 2 is 1.68 bits per heavy atom. The van der Waals surface area contributed by atoms with E-state index in [1.807, 2.05) is 48.5 Å². The second kappa shape index (κ2) is 12.0. The van der Waals surface area contributed by atoms with Crippen molar-refractivity contribution >= 4 is 29.3 Å². The van der Waals surface area contributed by atoms with Gasteiger partial charge in [0.1, 0.15) is 11.2 Å². The molecule has 0 saturated carbocycles. The summed E-state index contributed by atoms with van der Waals surface area (Å²) in [5.41, 5.74) is 0.101. The third-order valence-electron chi connectivity index (χ3n) is 5.15. The number of carbonyl (C=O) groups is 3. The molecule has 1 rings (SSSR count). The van der Waals surface area contributed by atoms with Gasteiger partial charge in [0.15, 0.2) is 0 Å². The Morgan fingerprint density at radius 1 is 1.10 bits per heavy atom. The predicted molar refractivity (Wildman–Crippen MR) is 124 cm³/mol. The first-order chi connectivity index (χ1) is 14.4. The standard InChI is InChI=1S/C23H37ClN4O3/c1-8-27(18(29)15-17-11-10-12-25-20(17)24)13-14-28(9-2)21(30)19(16(3)4)26-22(31)23(5,6)7/h10-12,16,19H,8-9,13-15H2,1-7H3,(H,26,31). The summed E-state index contributed by atoms with van der Waals surface area (Å²) >= 11 is 6.08. The Hall–Kier alpha value is -2.15. The number of nitrogens with one attached hydrogen (secondary N) is 1. The maximum atomic E-state index is 13.2. The van der Waals surface area contributed by atoms with Crippen LogP contribution in [0.25, 0.3) is 0 Å². The average molecular weight is 453 g/mol. The number of nitrogens with zero attached hydrogens (tertiary/aromatic N) is 3. The molecule has 0 saturated heterocycles. The number of hydrogen-bond donors (Lipinski definition) is 1. The molecule has 0 spiro atoms. The first kappa shape index (κ1) is 26.9. The molecule has 0 aliphatic rings. The lowest BCUT2D eigenvalue weighted by atomic mass is 9.93. The molecule has 174 valence electrons. The maximum absolute atomic E-state index is 13.2. The van der Waals surface area contributed by atoms with E-state index in [0.717, 1.165) is 0 Å². The Balaban J connectivity index is 2.81. The van der Waals surface area contributed by atoms with Crippen LogP contribution in [-0.4, -0.2) is 64.7 Å². The molecule has 0 aromatic carbocycles. The fraction of sp³-hybridized carbons (Fsp3) is 0.652. The number of pyridine rings is 1. The summed E-state index contributed by atoms with van der Waals surface area (Å²) in [5, 5.41) is 3.23. The molecule has 1 N–H and O–H groups in total. The maximum Gasteiger partial charge on any atom is 0.245 e. The van der Waals surface area contributed by atoms with Gasteiger partial charge in [0, 0.05) is 37.8 Å². The van der Waals surface area contributed by atoms with Crippen LogP contribution in [0.4, 0.5) is 0 Å². The smallest absolute Gasteiger partial charge is 0.245 e. The molecule has 7 nitrogen and oxygen atoms in total. The van der Waals surface area contributed by atoms with E-state index in [9.17, 15) is 14.4 Å². The van der Waals surface area contributed by atoms with Crippen LogP contribution in [0.15, 0.2) is 18.3 Å². The Labute approximate surface area is 191 Å². The van der Waals surface area contributed by atoms with E-state index in [1.54, 1.807) is 28.1 Å². The monoisotopic (exact) mass is 452 g/mol. The van der Waals surface area contributed by atoms with Crippen molar-refractivity contribution in [3.63, 3.8) is 0 Å². The number of rotatable bonds is 10. The van der Waals surface area contributed by atoms with Gasteiger partial charge in [0.05, 0.1) is 6.42 Å². The van der Waals surface area contributed by atoms with E-state index >= 15 is 0 Å². The topological polar surface area (TPSA) is 82.6 Å². The van der Waals surface area contributed by atoms with Gasteiger partial charge in [-0.1, -0.05) is 52.3 Å². The molecular formula is C23H37ClN4O3. The van der Waals surface area contributed by atoms with Crippen LogP contribution in [0.1, 0.15) is 54.0 Å². The van der Waals surface area contributed by atoms with Gasteiger partial charge in [-0.25, -0.2) is 4.98 Å². The van der Waals surface area contributed by atoms with Crippen molar-refractivity contribution in [1.82, 2.24) is 20.1 Å². The van der Waals surface area contributed by atoms with E-state index in [2.05, 4.69) is 10.3 Å². The minimum Gasteiger partial charge on any atom is -0.344 e. The van der Waals surface area contributed by atoms with Crippen molar-refractivity contribution in [3.8, 4) is 0 Å². The highest BCUT2D eigenvalue weighted by Crippen LogP contribution is 2.16. The Bertz CT molecular complexity index is 761. The fourth-order valence-electron chi connectivity index (χ4n) is 3.02. The summed E-state index contributed by atoms with van der Waals surface area (Å²) < 4.78 is 0. The minimum absolute atomic E-state index is 0.0514. The molecule has 0 bridgehead atoms. The van der Waals surface area contributed by atoms with Crippen LogP contribution in [0.3, 0.4) is 0 Å². The summed E-state index contributed by atoms with van der Waals surface area (Å²) in [4.78, 5) is 45.8. The molecule has 0 fully saturated rings. The summed E-state index contributed by atoms with van der Waals surface area (Å²) in [6, 6.07) is 2.93. The fourth-order valence-corrected chi connectivity index (χ4v) is 3.20. The summed E-state index contributed by atoms with van der Waals surface area (Å²) in [6.45, 7) is 14.9. The van der Waals surface area contributed by atoms with Gasteiger partial charge in [-0.3, -0.25) is 14.4 Å². The number of hydrogen-bond acceptors (Lipinski definition) is 4. The van der Waals surface area contributed by atoms with Crippen molar-refractivity contribution in [1.29, 1.82) is 0 Å². The number of amides is 3. The van der Waals surface area contributed by atoms with Crippen molar-refractivity contribution in [2.75, 3.05) is 26.2 Å². The molecule has 1 aromatic heterocycles. The molecule has 8 heteroatoms. The zero-order chi connectivity index (χ0) is 23.8. The Morgan fingerprint density at radius 3 is 2.16 bits per heavy atom. The third kappa shape index (κ3) is 8.13. The van der Waals surface area contributed by atoms with E-state index in [1.165, 1.54) is 0 Å². The highest BCUT2D eigenvalue weighted by atomic mass is 35.5. The van der Waals surface area contributed by atoms with Crippen LogP contribution >= 0.6 is 11.6 Å². The van der Waals surface area contributed by atoms with Crippen LogP contribution in [0.5, 0.6) is 0 Å². The number of aromatic nitrogens is 1. The SMILES string of the molecule is CCN(CCN(CC)C(=O)C(NC(=O)C(C)(C)C)C(C)C)C(=O)Cc1cccnc1Cl. The molecule has 31 heavy (non-hydrogen) atoms. The largest absolute Gasteiger partial charge is 0.344 e. The second-order valence-electron chi connectivity index (χ2n) is 8.97. The molecule has 1 atom stereocenters. The first-order valence-electron chi connectivity index (χ1n) is 10.9. The number of carbonyl (C=O) groups excluding carboxylic acids is 3. The van der Waals surface area contributed by atoms with Gasteiger partial charge in [0.2, 0.25) is 17.7 Å². The molecule has 1 unspecified atom stereocenters. The summed E-state index contributed by atoms with van der Waals surface area (Å²) in [7, 11) is 0. The summed E-state index contributed by atoms with van der Waals surface area (Å²) in [6.07, 6.45) is 1.75. The van der Waals surface area contributed by atoms with Gasteiger partial charge in [0.25, 0.3) is 0 Å². The molecule has 0 aliphatic carbocycles. The third-order valence-corrected chi connectivity index (χ3v) is 5.49. The minimum atomic E-state index is -0.605. The predicted octanol–water partition coefficient (Wildman–Crippen LogP) is 3.16. The molecule has 0 radical (unpaired) electrons. The average Bonchev–Trinajstić information content (AvgIpc) is 2.69. The van der Waals surface area contributed by atoms with Crippen LogP contribution < -0.4 is 5.32 Å².